The molecule has 0 bridgehead atoms. The van der Waals surface area contributed by atoms with Crippen LogP contribution in [-0.2, 0) is 10.0 Å². The van der Waals surface area contributed by atoms with E-state index in [0.29, 0.717) is 0 Å². The Morgan fingerprint density at radius 1 is 1.24 bits per heavy atom. The average Bonchev–Trinajstić information content (AvgIpc) is 2.77. The molecule has 21 heavy (non-hydrogen) atoms. The van der Waals surface area contributed by atoms with Crippen molar-refractivity contribution >= 4 is 27.2 Å². The Labute approximate surface area is 126 Å². The van der Waals surface area contributed by atoms with Crippen LogP contribution >= 0.6 is 11.5 Å². The number of non-ortho nitro benzene ring substituents is 1. The molecule has 112 valence electrons. The van der Waals surface area contributed by atoms with Crippen molar-refractivity contribution in [2.75, 3.05) is 11.5 Å². The lowest BCUT2D eigenvalue weighted by atomic mass is 10.3. The van der Waals surface area contributed by atoms with Gasteiger partial charge in [0.1, 0.15) is 0 Å². The minimum atomic E-state index is -3.75. The third kappa shape index (κ3) is 2.88. The number of hydrogen-bond acceptors (Lipinski definition) is 5. The maximum atomic E-state index is 12.5. The lowest BCUT2D eigenvalue weighted by Crippen LogP contribution is -2.55. The van der Waals surface area contributed by atoms with E-state index in [1.54, 1.807) is 6.20 Å². The molecule has 0 aliphatic rings. The second-order valence-electron chi connectivity index (χ2n) is 4.45. The molecule has 0 N–H and O–H groups in total. The average molecular weight is 328 g/mol. The summed E-state index contributed by atoms with van der Waals surface area (Å²) in [5, 5.41) is 10.6. The zero-order chi connectivity index (χ0) is 15.8. The van der Waals surface area contributed by atoms with E-state index in [2.05, 4.69) is 0 Å². The number of nitro groups is 1. The zero-order valence-corrected chi connectivity index (χ0v) is 13.3. The Kier molecular flexibility index (Phi) is 3.97. The van der Waals surface area contributed by atoms with E-state index >= 15 is 0 Å². The first-order chi connectivity index (χ1) is 9.73. The Morgan fingerprint density at radius 3 is 2.24 bits per heavy atom. The van der Waals surface area contributed by atoms with Gasteiger partial charge in [0.05, 0.1) is 21.7 Å². The standard InChI is InChI=1S/C12H14N3O4S2/c1-9-8-14(20-10(9)2)13(3)21(18,19)12-6-4-11(5-7-12)15(16)17/h4-8H,1-3H3/q+1. The van der Waals surface area contributed by atoms with Gasteiger partial charge in [-0.05, 0) is 30.0 Å². The van der Waals surface area contributed by atoms with Gasteiger partial charge in [0.2, 0.25) is 6.20 Å². The topological polar surface area (TPSA) is 84.4 Å². The predicted molar refractivity (Wildman–Crippen MR) is 78.4 cm³/mol. The summed E-state index contributed by atoms with van der Waals surface area (Å²) in [6.07, 6.45) is 1.73. The van der Waals surface area contributed by atoms with Gasteiger partial charge in [-0.1, -0.05) is 4.41 Å². The molecule has 2 rings (SSSR count). The molecule has 0 fully saturated rings. The number of benzene rings is 1. The Balaban J connectivity index is 2.39. The van der Waals surface area contributed by atoms with Gasteiger partial charge in [0.25, 0.3) is 5.69 Å². The molecule has 0 spiro atoms. The summed E-state index contributed by atoms with van der Waals surface area (Å²) in [7, 11) is -2.32. The van der Waals surface area contributed by atoms with Crippen LogP contribution in [0, 0.1) is 24.0 Å². The molecule has 0 amide bonds. The largest absolute Gasteiger partial charge is 0.309 e. The predicted octanol–water partition coefficient (Wildman–Crippen LogP) is 1.52. The molecule has 1 aromatic heterocycles. The van der Waals surface area contributed by atoms with Crippen LogP contribution in [-0.4, -0.2) is 20.4 Å². The minimum Gasteiger partial charge on any atom is -0.258 e. The summed E-state index contributed by atoms with van der Waals surface area (Å²) < 4.78 is 27.6. The van der Waals surface area contributed by atoms with Gasteiger partial charge >= 0.3 is 10.0 Å². The smallest absolute Gasteiger partial charge is 0.258 e. The maximum absolute atomic E-state index is 12.5. The van der Waals surface area contributed by atoms with Crippen molar-refractivity contribution in [1.82, 2.24) is 0 Å². The number of hydrogen-bond donors (Lipinski definition) is 0. The Bertz CT molecular complexity index is 762. The second kappa shape index (κ2) is 5.41. The Hall–Kier alpha value is -2.00. The maximum Gasteiger partial charge on any atom is 0.309 e. The second-order valence-corrected chi connectivity index (χ2v) is 7.57. The number of sulfonamides is 1. The van der Waals surface area contributed by atoms with Crippen molar-refractivity contribution in [3.05, 3.63) is 51.0 Å². The van der Waals surface area contributed by atoms with Crippen LogP contribution in [0.25, 0.3) is 0 Å². The van der Waals surface area contributed by atoms with Crippen LogP contribution in [0.4, 0.5) is 5.69 Å². The number of nitrogens with zero attached hydrogens (tertiary/aromatic N) is 3. The highest BCUT2D eigenvalue weighted by Crippen LogP contribution is 2.18. The van der Waals surface area contributed by atoms with E-state index in [1.165, 1.54) is 46.9 Å². The van der Waals surface area contributed by atoms with Crippen molar-refractivity contribution in [2.24, 2.45) is 0 Å². The molecule has 1 heterocycles. The van der Waals surface area contributed by atoms with E-state index in [4.69, 9.17) is 0 Å². The summed E-state index contributed by atoms with van der Waals surface area (Å²) in [4.78, 5) is 11.1. The molecule has 0 aliphatic carbocycles. The third-order valence-electron chi connectivity index (χ3n) is 3.06. The summed E-state index contributed by atoms with van der Waals surface area (Å²) in [6.45, 7) is 3.80. The lowest BCUT2D eigenvalue weighted by Gasteiger charge is -2.10. The van der Waals surface area contributed by atoms with E-state index in [9.17, 15) is 18.5 Å². The van der Waals surface area contributed by atoms with Gasteiger partial charge in [-0.25, -0.2) is 0 Å². The van der Waals surface area contributed by atoms with Crippen LogP contribution < -0.4 is 8.48 Å². The summed E-state index contributed by atoms with van der Waals surface area (Å²) in [5.74, 6) is 0. The molecular weight excluding hydrogens is 314 g/mol. The molecule has 0 unspecified atom stereocenters. The first-order valence-electron chi connectivity index (χ1n) is 5.96. The van der Waals surface area contributed by atoms with Crippen LogP contribution in [0.15, 0.2) is 35.4 Å². The van der Waals surface area contributed by atoms with E-state index < -0.39 is 14.9 Å². The third-order valence-corrected chi connectivity index (χ3v) is 6.04. The van der Waals surface area contributed by atoms with Gasteiger partial charge in [0, 0.05) is 17.7 Å². The Morgan fingerprint density at radius 2 is 1.81 bits per heavy atom. The molecule has 1 aromatic carbocycles. The molecule has 7 nitrogen and oxygen atoms in total. The van der Waals surface area contributed by atoms with Gasteiger partial charge in [-0.15, -0.1) is 0 Å². The van der Waals surface area contributed by atoms with Gasteiger partial charge in [-0.3, -0.25) is 10.1 Å². The fraction of sp³-hybridized carbons (Fsp3) is 0.250. The van der Waals surface area contributed by atoms with Crippen LogP contribution in [0.1, 0.15) is 10.4 Å². The first kappa shape index (κ1) is 15.4. The van der Waals surface area contributed by atoms with Gasteiger partial charge in [-0.2, -0.15) is 8.42 Å². The van der Waals surface area contributed by atoms with Crippen molar-refractivity contribution < 1.29 is 17.4 Å². The van der Waals surface area contributed by atoms with Gasteiger partial charge in [0.15, 0.2) is 11.5 Å². The highest BCUT2D eigenvalue weighted by atomic mass is 32.2. The number of aromatic nitrogens is 1. The summed E-state index contributed by atoms with van der Waals surface area (Å²) in [6, 6.07) is 4.82. The quantitative estimate of drug-likeness (QED) is 0.484. The monoisotopic (exact) mass is 328 g/mol. The fourth-order valence-corrected chi connectivity index (χ4v) is 3.84. The minimum absolute atomic E-state index is 0.00630. The van der Waals surface area contributed by atoms with E-state index in [-0.39, 0.29) is 10.6 Å². The fourth-order valence-electron chi connectivity index (χ4n) is 1.63. The van der Waals surface area contributed by atoms with Crippen molar-refractivity contribution in [2.45, 2.75) is 18.7 Å². The number of nitro benzene ring substituents is 1. The highest BCUT2D eigenvalue weighted by molar-refractivity contribution is 7.92. The van der Waals surface area contributed by atoms with Gasteiger partial charge < -0.3 is 0 Å². The van der Waals surface area contributed by atoms with Crippen LogP contribution in [0.3, 0.4) is 0 Å². The molecule has 0 atom stereocenters. The van der Waals surface area contributed by atoms with Crippen LogP contribution in [0.2, 0.25) is 0 Å². The molecular formula is C12H14N3O4S2+. The SMILES string of the molecule is Cc1c[n+](N(C)S(=O)(=O)c2ccc([N+](=O)[O-])cc2)sc1C. The molecule has 0 radical (unpaired) electrons. The summed E-state index contributed by atoms with van der Waals surface area (Å²) >= 11 is 1.31. The number of rotatable bonds is 4. The summed E-state index contributed by atoms with van der Waals surface area (Å²) in [5.41, 5.74) is 0.845. The van der Waals surface area contributed by atoms with E-state index in [1.807, 2.05) is 13.8 Å². The van der Waals surface area contributed by atoms with E-state index in [0.717, 1.165) is 14.9 Å². The van der Waals surface area contributed by atoms with Crippen molar-refractivity contribution in [3.8, 4) is 0 Å². The molecule has 0 saturated carbocycles. The molecule has 0 aliphatic heterocycles. The first-order valence-corrected chi connectivity index (χ1v) is 8.17. The van der Waals surface area contributed by atoms with Crippen LogP contribution in [0.5, 0.6) is 0 Å². The number of aryl methyl sites for hydroxylation is 2. The highest BCUT2D eigenvalue weighted by Gasteiger charge is 2.29. The molecule has 0 saturated heterocycles. The zero-order valence-electron chi connectivity index (χ0n) is 11.7. The lowest BCUT2D eigenvalue weighted by molar-refractivity contribution is -0.604. The van der Waals surface area contributed by atoms with Crippen molar-refractivity contribution in [1.29, 1.82) is 0 Å². The molecule has 9 heteroatoms. The van der Waals surface area contributed by atoms with Crippen molar-refractivity contribution in [3.63, 3.8) is 0 Å². The molecule has 2 aromatic rings. The normalized spacial score (nSPS) is 11.4.